The summed E-state index contributed by atoms with van der Waals surface area (Å²) in [5, 5.41) is 40.8. The molecule has 0 aliphatic carbocycles. The molecular weight excluding hydrogens is 1490 g/mol. The number of fused-ring (bicyclic) bond motifs is 13. The van der Waals surface area contributed by atoms with Crippen LogP contribution in [0.25, 0.3) is 32.7 Å². The van der Waals surface area contributed by atoms with Crippen molar-refractivity contribution in [2.75, 3.05) is 13.3 Å². The summed E-state index contributed by atoms with van der Waals surface area (Å²) in [5.41, 5.74) is 14.7. The highest BCUT2D eigenvalue weighted by atomic mass is 15.3. The van der Waals surface area contributed by atoms with Crippen LogP contribution in [0.2, 0.25) is 0 Å². The molecule has 0 bridgehead atoms. The van der Waals surface area contributed by atoms with Gasteiger partial charge in [0.2, 0.25) is 0 Å². The van der Waals surface area contributed by atoms with Crippen LogP contribution in [-0.4, -0.2) is 143 Å². The third kappa shape index (κ3) is 32.9. The zero-order valence-electron chi connectivity index (χ0n) is 72.8. The Labute approximate surface area is 701 Å². The highest BCUT2D eigenvalue weighted by Crippen LogP contribution is 2.24. The highest BCUT2D eigenvalue weighted by molar-refractivity contribution is 5.81. The molecule has 5 aromatic carbocycles. The van der Waals surface area contributed by atoms with Crippen LogP contribution in [0, 0.1) is 0 Å². The zero-order valence-corrected chi connectivity index (χ0v) is 72.8. The average Bonchev–Trinajstić information content (AvgIpc) is 1.66. The van der Waals surface area contributed by atoms with E-state index >= 15 is 0 Å². The maximum atomic E-state index is 4.29. The number of hydrogen-bond donors (Lipinski definition) is 0. The van der Waals surface area contributed by atoms with Gasteiger partial charge in [0, 0.05) is 152 Å². The highest BCUT2D eigenvalue weighted by Gasteiger charge is 2.13. The van der Waals surface area contributed by atoms with Gasteiger partial charge in [-0.05, 0) is 58.8 Å². The minimum absolute atomic E-state index is 0.571. The molecule has 0 fully saturated rings. The molecule has 0 radical (unpaired) electrons. The number of benzene rings is 5. The lowest BCUT2D eigenvalue weighted by Crippen LogP contribution is -2.21. The maximum absolute atomic E-state index is 4.29. The number of para-hydroxylation sites is 2. The van der Waals surface area contributed by atoms with Crippen LogP contribution < -0.4 is 21.4 Å². The number of hydrogen-bond acceptors (Lipinski definition) is 28. The second-order valence-corrected chi connectivity index (χ2v) is 21.4. The zero-order chi connectivity index (χ0) is 86.9. The molecule has 8 aromatic heterocycles. The SMILES string of the molecule is C1=Nc2c(ccc3c2=NCN=3)C1.C1=Nc2cc3c(cc2C1)=NCN=3.C1=Nc2cncnc2C1.C1=Nc2cnncc2C1.C1=Nc2nccnc2C1.C1=Nc2ncncc2C1.C1=Nc2nnncc2C1.CC.CC.CC.CC.CC.CC.CC.CC.CC.CC.c1ccc2cnncc2c1.c1ccc2nccnc2c1.c1ccc2nnccc2c1. The van der Waals surface area contributed by atoms with E-state index < -0.39 is 0 Å². The predicted molar refractivity (Wildman–Crippen MR) is 490 cm³/mol. The largest absolute Gasteiger partial charge is 0.261 e. The lowest BCUT2D eigenvalue weighted by atomic mass is 10.1. The second-order valence-electron chi connectivity index (χ2n) is 21.4. The summed E-state index contributed by atoms with van der Waals surface area (Å²) < 4.78 is 0. The first-order valence-electron chi connectivity index (χ1n) is 41.1. The lowest BCUT2D eigenvalue weighted by molar-refractivity contribution is 0.857. The number of aliphatic imine (C=N–C) groups is 7. The van der Waals surface area contributed by atoms with E-state index in [-0.39, 0.29) is 0 Å². The third-order valence-electron chi connectivity index (χ3n) is 15.0. The van der Waals surface area contributed by atoms with Crippen molar-refractivity contribution in [1.82, 2.24) is 85.9 Å². The molecule has 0 spiro atoms. The molecule has 13 aromatic rings. The Morgan fingerprint density at radius 3 is 1.39 bits per heavy atom. The van der Waals surface area contributed by atoms with Crippen molar-refractivity contribution < 1.29 is 0 Å². The van der Waals surface area contributed by atoms with E-state index in [4.69, 9.17) is 0 Å². The van der Waals surface area contributed by atoms with Crippen LogP contribution in [0.4, 0.5) is 40.2 Å². The van der Waals surface area contributed by atoms with Gasteiger partial charge in [-0.2, -0.15) is 30.6 Å². The molecule has 0 unspecified atom stereocenters. The van der Waals surface area contributed by atoms with Crippen molar-refractivity contribution in [2.24, 2.45) is 54.9 Å². The molecule has 28 nitrogen and oxygen atoms in total. The van der Waals surface area contributed by atoms with Gasteiger partial charge in [-0.3, -0.25) is 54.9 Å². The molecule has 0 amide bonds. The van der Waals surface area contributed by atoms with Crippen LogP contribution >= 0.6 is 0 Å². The molecule has 0 saturated carbocycles. The monoisotopic (exact) mass is 1600 g/mol. The van der Waals surface area contributed by atoms with Gasteiger partial charge >= 0.3 is 0 Å². The molecular formula is C91H116N28. The Hall–Kier alpha value is -13.7. The van der Waals surface area contributed by atoms with Gasteiger partial charge in [0.25, 0.3) is 0 Å². The smallest absolute Gasteiger partial charge is 0.181 e. The lowest BCUT2D eigenvalue weighted by Gasteiger charge is -1.93. The van der Waals surface area contributed by atoms with Crippen molar-refractivity contribution in [3.63, 3.8) is 0 Å². The molecule has 9 aliphatic heterocycles. The van der Waals surface area contributed by atoms with E-state index in [2.05, 4.69) is 153 Å². The predicted octanol–water partition coefficient (Wildman–Crippen LogP) is 18.5. The van der Waals surface area contributed by atoms with E-state index in [0.717, 1.165) is 156 Å². The summed E-state index contributed by atoms with van der Waals surface area (Å²) in [4.78, 5) is 77.6. The van der Waals surface area contributed by atoms with Gasteiger partial charge in [-0.25, -0.2) is 39.9 Å². The van der Waals surface area contributed by atoms with Crippen molar-refractivity contribution in [3.05, 3.63) is 251 Å². The standard InChI is InChI=1S/2C9H7N3.3C8H6N2.4C6H5N3.C5H4N4.10C2H6/c1-2-10-7-4-9-8(3-6(1)7)11-5-12-9;1-2-7-9(12-5-11-7)8-6(1)3-4-10-8;1-2-4-8-6-10-9-5-7(8)3-1;1-2-4-8-7(3-1)9-5-6-10-8;1-2-4-8-7(3-1)5-6-9-10-8;1-2-8-6-3-7-4-9-5(1)6;1-2-8-6-5(1)3-7-4-9-6;1-2-7-6-4-9-8-3-5(1)6;1-2-8-6-5(1)7-3-4-9-6;1-2-6-5-4(1)3-7-9-8-5;10*1-2/h2-4H,1,5H2;1-2,4H,3,5H2;3*1-6H;4*2-4H,1H2;2-3H,1H2;10*1-2H3. The van der Waals surface area contributed by atoms with Gasteiger partial charge in [-0.15, -0.1) is 10.2 Å². The third-order valence-corrected chi connectivity index (χ3v) is 15.0. The fourth-order valence-corrected chi connectivity index (χ4v) is 10.1. The maximum Gasteiger partial charge on any atom is 0.181 e. The van der Waals surface area contributed by atoms with Crippen molar-refractivity contribution in [1.29, 1.82) is 0 Å². The van der Waals surface area contributed by atoms with E-state index in [9.17, 15) is 0 Å². The van der Waals surface area contributed by atoms with Gasteiger partial charge in [-0.1, -0.05) is 199 Å². The van der Waals surface area contributed by atoms with Gasteiger partial charge in [0.1, 0.15) is 37.0 Å². The molecule has 119 heavy (non-hydrogen) atoms. The Balaban J connectivity index is 0.000000334. The summed E-state index contributed by atoms with van der Waals surface area (Å²) in [6.45, 7) is 41.2. The van der Waals surface area contributed by atoms with E-state index in [1.807, 2.05) is 267 Å². The summed E-state index contributed by atoms with van der Waals surface area (Å²) in [7, 11) is 0. The molecule has 0 N–H and O–H groups in total. The first-order valence-corrected chi connectivity index (χ1v) is 41.1. The minimum atomic E-state index is 0.571. The normalized spacial score (nSPS) is 11.6. The first kappa shape index (κ1) is 99.5. The van der Waals surface area contributed by atoms with Crippen LogP contribution in [0.3, 0.4) is 0 Å². The van der Waals surface area contributed by atoms with Crippen LogP contribution in [0.15, 0.2) is 245 Å². The van der Waals surface area contributed by atoms with Crippen LogP contribution in [0.1, 0.15) is 178 Å². The summed E-state index contributed by atoms with van der Waals surface area (Å²) in [6, 6.07) is 33.9. The topological polar surface area (TPSA) is 355 Å². The number of nitrogens with zero attached hydrogens (tertiary/aromatic N) is 28. The molecule has 9 aliphatic rings. The Kier molecular flexibility index (Phi) is 52.4. The number of rotatable bonds is 0. The van der Waals surface area contributed by atoms with Crippen molar-refractivity contribution >= 4 is 116 Å². The molecule has 0 saturated heterocycles. The molecule has 0 atom stereocenters. The van der Waals surface area contributed by atoms with Crippen LogP contribution in [0.5, 0.6) is 0 Å². The van der Waals surface area contributed by atoms with E-state index in [0.29, 0.717) is 19.2 Å². The van der Waals surface area contributed by atoms with E-state index in [1.54, 1.807) is 86.9 Å². The fourth-order valence-electron chi connectivity index (χ4n) is 10.1. The Bertz CT molecular complexity index is 4830. The Morgan fingerprint density at radius 1 is 0.261 bits per heavy atom. The van der Waals surface area contributed by atoms with E-state index in [1.165, 1.54) is 23.0 Å². The second kappa shape index (κ2) is 62.7. The quantitative estimate of drug-likeness (QED) is 0.136. The van der Waals surface area contributed by atoms with Gasteiger partial charge in [0.05, 0.1) is 104 Å². The molecule has 28 heteroatoms. The number of aromatic nitrogens is 17. The van der Waals surface area contributed by atoms with Gasteiger partial charge in [0.15, 0.2) is 17.5 Å². The van der Waals surface area contributed by atoms with Crippen LogP contribution in [-0.2, 0) is 44.9 Å². The first-order chi connectivity index (χ1) is 59.1. The fraction of sp³-hybridized carbons (Fsp3) is 0.319. The molecule has 17 heterocycles. The summed E-state index contributed by atoms with van der Waals surface area (Å²) in [5.74, 6) is 2.31. The molecule has 620 valence electrons. The Morgan fingerprint density at radius 2 is 0.739 bits per heavy atom. The summed E-state index contributed by atoms with van der Waals surface area (Å²) in [6.07, 6.45) is 42.9. The summed E-state index contributed by atoms with van der Waals surface area (Å²) >= 11 is 0. The van der Waals surface area contributed by atoms with Gasteiger partial charge < -0.3 is 0 Å². The van der Waals surface area contributed by atoms with Crippen molar-refractivity contribution in [3.8, 4) is 0 Å². The van der Waals surface area contributed by atoms with Crippen molar-refractivity contribution in [2.45, 2.75) is 183 Å². The average molecular weight is 1600 g/mol. The molecule has 22 rings (SSSR count). The minimum Gasteiger partial charge on any atom is -0.261 e.